The Bertz CT molecular complexity index is 1380. The summed E-state index contributed by atoms with van der Waals surface area (Å²) in [4.78, 5) is 0. The average Bonchev–Trinajstić information content (AvgIpc) is 3.33. The second-order valence-corrected chi connectivity index (χ2v) is 17.5. The van der Waals surface area contributed by atoms with E-state index in [2.05, 4.69) is 42.3 Å². The van der Waals surface area contributed by atoms with Crippen LogP contribution in [0.5, 0.6) is 0 Å². The predicted octanol–water partition coefficient (Wildman–Crippen LogP) is 10.0. The van der Waals surface area contributed by atoms with Gasteiger partial charge < -0.3 is 0 Å². The van der Waals surface area contributed by atoms with Crippen molar-refractivity contribution in [2.24, 2.45) is 0 Å². The normalized spacial score (nSPS) is 18.6. The van der Waals surface area contributed by atoms with Crippen molar-refractivity contribution in [1.29, 1.82) is 0 Å². The first kappa shape index (κ1) is 29.9. The molecule has 0 spiro atoms. The van der Waals surface area contributed by atoms with E-state index in [4.69, 9.17) is 6.66 Å². The van der Waals surface area contributed by atoms with Gasteiger partial charge in [-0.3, -0.25) is 0 Å². The first-order valence-electron chi connectivity index (χ1n) is 14.0. The first-order chi connectivity index (χ1) is 19.7. The molecule has 0 saturated carbocycles. The van der Waals surface area contributed by atoms with Crippen LogP contribution in [0.2, 0.25) is 0 Å². The van der Waals surface area contributed by atoms with E-state index in [0.29, 0.717) is 13.0 Å². The zero-order chi connectivity index (χ0) is 29.2. The molecule has 7 heteroatoms. The number of hydrogen-bond donors (Lipinski definition) is 0. The van der Waals surface area contributed by atoms with Crippen LogP contribution in [0.4, 0.5) is 17.6 Å². The van der Waals surface area contributed by atoms with Crippen molar-refractivity contribution in [3.8, 4) is 0 Å². The van der Waals surface area contributed by atoms with E-state index in [0.717, 1.165) is 66.8 Å². The van der Waals surface area contributed by atoms with E-state index in [1.807, 2.05) is 36.4 Å². The molecule has 1 fully saturated rings. The first-order valence-corrected chi connectivity index (χ1v) is 18.0. The summed E-state index contributed by atoms with van der Waals surface area (Å²) in [6.07, 6.45) is 3.20. The van der Waals surface area contributed by atoms with Crippen LogP contribution in [-0.4, -0.2) is 11.0 Å². The Morgan fingerprint density at radius 1 is 0.732 bits per heavy atom. The third-order valence-electron chi connectivity index (χ3n) is 8.31. The van der Waals surface area contributed by atoms with Gasteiger partial charge in [-0.15, -0.1) is 11.1 Å². The van der Waals surface area contributed by atoms with Crippen LogP contribution in [0.25, 0.3) is 0 Å². The summed E-state index contributed by atoms with van der Waals surface area (Å²) in [6.45, 7) is 12.2. The van der Waals surface area contributed by atoms with Gasteiger partial charge in [0.1, 0.15) is 22.2 Å². The van der Waals surface area contributed by atoms with Gasteiger partial charge in [0.2, 0.25) is 0 Å². The molecular formula is C34H35F4NP2. The number of nitrogens with zero attached hydrogens (tertiary/aromatic N) is 1. The van der Waals surface area contributed by atoms with E-state index >= 15 is 8.78 Å². The van der Waals surface area contributed by atoms with E-state index in [-0.39, 0.29) is 21.9 Å². The number of benzene rings is 4. The highest BCUT2D eigenvalue weighted by Gasteiger charge is 2.61. The maximum absolute atomic E-state index is 15.9. The lowest BCUT2D eigenvalue weighted by Gasteiger charge is -2.51. The van der Waals surface area contributed by atoms with Crippen molar-refractivity contribution >= 4 is 25.4 Å². The predicted molar refractivity (Wildman–Crippen MR) is 166 cm³/mol. The molecule has 4 aromatic carbocycles. The van der Waals surface area contributed by atoms with Gasteiger partial charge in [0.15, 0.2) is 11.6 Å². The molecule has 0 amide bonds. The Morgan fingerprint density at radius 2 is 1.17 bits per heavy atom. The smallest absolute Gasteiger partial charge is 0.164 e. The molecule has 2 atom stereocenters. The van der Waals surface area contributed by atoms with Gasteiger partial charge in [-0.1, -0.05) is 74.0 Å². The fraction of sp³-hybridized carbons (Fsp3) is 0.235. The minimum absolute atomic E-state index is 0.0138. The molecule has 0 N–H and O–H groups in total. The number of halogens is 4. The van der Waals surface area contributed by atoms with Gasteiger partial charge in [-0.05, 0) is 54.7 Å². The molecule has 41 heavy (non-hydrogen) atoms. The second kappa shape index (κ2) is 12.3. The van der Waals surface area contributed by atoms with E-state index < -0.39 is 38.1 Å². The minimum Gasteiger partial charge on any atom is -0.207 e. The maximum atomic E-state index is 15.9. The zero-order valence-electron chi connectivity index (χ0n) is 23.2. The van der Waals surface area contributed by atoms with Crippen LogP contribution in [0.15, 0.2) is 97.1 Å². The zero-order valence-corrected chi connectivity index (χ0v) is 25.0. The van der Waals surface area contributed by atoms with Gasteiger partial charge in [0.05, 0.1) is 25.3 Å². The van der Waals surface area contributed by atoms with Crippen molar-refractivity contribution in [3.63, 3.8) is 0 Å². The molecule has 0 radical (unpaired) electrons. The van der Waals surface area contributed by atoms with Crippen LogP contribution < -0.4 is 10.6 Å². The van der Waals surface area contributed by atoms with Gasteiger partial charge >= 0.3 is 0 Å². The van der Waals surface area contributed by atoms with Crippen LogP contribution in [-0.2, 0) is 0 Å². The van der Waals surface area contributed by atoms with Crippen molar-refractivity contribution in [2.75, 3.05) is 6.54 Å². The lowest BCUT2D eigenvalue weighted by molar-refractivity contribution is 0.594. The summed E-state index contributed by atoms with van der Waals surface area (Å²) in [6, 6.07) is 26.7. The molecule has 214 valence electrons. The van der Waals surface area contributed by atoms with Crippen LogP contribution in [0.1, 0.15) is 55.1 Å². The molecule has 5 rings (SSSR count). The van der Waals surface area contributed by atoms with Gasteiger partial charge in [0, 0.05) is 19.5 Å². The molecular weight excluding hydrogens is 560 g/mol. The SMILES string of the molecule is [CH2-][P+](c1cc(F)ccc1F)(c1cc(F)ccc1F)N(CCCC)[P+]1([CH2-])[C@H](c2ccccc2)CC[C@H]1c1ccccc1. The van der Waals surface area contributed by atoms with E-state index in [1.165, 1.54) is 0 Å². The summed E-state index contributed by atoms with van der Waals surface area (Å²) in [5, 5.41) is -0.0432. The van der Waals surface area contributed by atoms with Crippen molar-refractivity contribution in [3.05, 3.63) is 145 Å². The topological polar surface area (TPSA) is 3.24 Å². The fourth-order valence-electron chi connectivity index (χ4n) is 6.36. The molecule has 0 unspecified atom stereocenters. The molecule has 0 bridgehead atoms. The van der Waals surface area contributed by atoms with Crippen molar-refractivity contribution < 1.29 is 17.6 Å². The summed E-state index contributed by atoms with van der Waals surface area (Å²) < 4.78 is 63.7. The highest BCUT2D eigenvalue weighted by molar-refractivity contribution is 7.97. The van der Waals surface area contributed by atoms with Crippen LogP contribution in [0, 0.1) is 36.6 Å². The van der Waals surface area contributed by atoms with Gasteiger partial charge in [0.25, 0.3) is 0 Å². The average molecular weight is 596 g/mol. The molecule has 4 aromatic rings. The van der Waals surface area contributed by atoms with Gasteiger partial charge in [-0.25, -0.2) is 17.6 Å². The molecule has 1 aliphatic heterocycles. The summed E-state index contributed by atoms with van der Waals surface area (Å²) >= 11 is 0. The third-order valence-corrected chi connectivity index (χ3v) is 17.8. The van der Waals surface area contributed by atoms with Gasteiger partial charge in [-0.2, -0.15) is 6.66 Å². The Morgan fingerprint density at radius 3 is 1.59 bits per heavy atom. The van der Waals surface area contributed by atoms with Crippen LogP contribution in [0.3, 0.4) is 0 Å². The molecule has 1 heterocycles. The Kier molecular flexibility index (Phi) is 9.00. The highest BCUT2D eigenvalue weighted by Crippen LogP contribution is 2.91. The van der Waals surface area contributed by atoms with E-state index in [1.54, 1.807) is 0 Å². The molecule has 1 saturated heterocycles. The quantitative estimate of drug-likeness (QED) is 0.106. The molecule has 0 aliphatic carbocycles. The third kappa shape index (κ3) is 5.50. The van der Waals surface area contributed by atoms with E-state index in [9.17, 15) is 8.78 Å². The number of unbranched alkanes of at least 4 members (excludes halogenated alkanes) is 1. The van der Waals surface area contributed by atoms with Crippen LogP contribution >= 0.6 is 14.8 Å². The Labute approximate surface area is 242 Å². The molecule has 1 nitrogen and oxygen atoms in total. The summed E-state index contributed by atoms with van der Waals surface area (Å²) in [5.74, 6) is -2.66. The number of rotatable bonds is 9. The summed E-state index contributed by atoms with van der Waals surface area (Å²) in [5.41, 5.74) is 2.20. The largest absolute Gasteiger partial charge is 0.207 e. The van der Waals surface area contributed by atoms with Crippen molar-refractivity contribution in [2.45, 2.75) is 43.9 Å². The lowest BCUT2D eigenvalue weighted by atomic mass is 10.0. The minimum atomic E-state index is -3.53. The second-order valence-electron chi connectivity index (χ2n) is 10.7. The lowest BCUT2D eigenvalue weighted by Crippen LogP contribution is -2.39. The molecule has 1 aliphatic rings. The Hall–Kier alpha value is -2.58. The maximum Gasteiger partial charge on any atom is 0.164 e. The fourth-order valence-corrected chi connectivity index (χ4v) is 16.9. The Balaban J connectivity index is 1.85. The summed E-state index contributed by atoms with van der Waals surface area (Å²) in [7, 11) is -6.19. The molecule has 0 aromatic heterocycles. The standard InChI is InChI=1S/C34H35F4NP2/c1-4-5-22-39(41(3,33-23-27(35)16-18-29(33)37)34-24-28(36)17-19-30(34)38)40(2)31(25-12-8-6-9-13-25)20-21-32(40)26-14-10-7-11-15-26/h6-19,23-24,31-32H,2-5,20-22H2,1H3/t31-,32-/m0/s1. The number of hydrogen-bond acceptors (Lipinski definition) is 1. The highest BCUT2D eigenvalue weighted by atomic mass is 31.2. The monoisotopic (exact) mass is 595 g/mol. The van der Waals surface area contributed by atoms with Crippen molar-refractivity contribution in [1.82, 2.24) is 4.44 Å².